The summed E-state index contributed by atoms with van der Waals surface area (Å²) in [5.74, 6) is 0.738. The first-order valence-corrected chi connectivity index (χ1v) is 12.9. The number of amides is 1. The highest BCUT2D eigenvalue weighted by atomic mass is 16.2. The quantitative estimate of drug-likeness (QED) is 0.370. The van der Waals surface area contributed by atoms with E-state index in [1.165, 1.54) is 0 Å². The number of hydrogen-bond acceptors (Lipinski definition) is 4. The first-order valence-electron chi connectivity index (χ1n) is 12.9. The smallest absolute Gasteiger partial charge is 0.330 e. The number of aromatic nitrogens is 4. The van der Waals surface area contributed by atoms with Gasteiger partial charge in [0.1, 0.15) is 5.82 Å². The predicted octanol–water partition coefficient (Wildman–Crippen LogP) is 4.25. The number of aromatic amines is 1. The standard InChI is InChI=1S/C27H39N5O3/c1-5-7-12-18-30-22(28-25-24(30)26(34)29-27(35)31(25)17-8-6-2)15-16-23(33)32(20(3)4)19-21-13-10-9-11-14-21/h9-11,13-14,20H,5-8,12,15-19H2,1-4H3,(H,29,34,35). The minimum Gasteiger partial charge on any atom is -0.336 e. The zero-order valence-electron chi connectivity index (χ0n) is 21.5. The molecule has 8 heteroatoms. The van der Waals surface area contributed by atoms with E-state index in [1.54, 1.807) is 4.57 Å². The Kier molecular flexibility index (Phi) is 9.46. The summed E-state index contributed by atoms with van der Waals surface area (Å²) in [7, 11) is 0. The van der Waals surface area contributed by atoms with Crippen LogP contribution in [0.5, 0.6) is 0 Å². The normalized spacial score (nSPS) is 11.5. The molecule has 8 nitrogen and oxygen atoms in total. The van der Waals surface area contributed by atoms with Crippen molar-refractivity contribution in [1.82, 2.24) is 24.0 Å². The lowest BCUT2D eigenvalue weighted by Gasteiger charge is -2.27. The Balaban J connectivity index is 1.91. The molecule has 1 amide bonds. The summed E-state index contributed by atoms with van der Waals surface area (Å²) < 4.78 is 3.49. The minimum absolute atomic E-state index is 0.0494. The van der Waals surface area contributed by atoms with Crippen molar-refractivity contribution in [2.24, 2.45) is 0 Å². The van der Waals surface area contributed by atoms with Crippen LogP contribution in [0.25, 0.3) is 11.2 Å². The van der Waals surface area contributed by atoms with Crippen LogP contribution in [0.3, 0.4) is 0 Å². The first kappa shape index (κ1) is 26.4. The number of unbranched alkanes of at least 4 members (excludes halogenated alkanes) is 3. The van der Waals surface area contributed by atoms with Crippen LogP contribution in [0, 0.1) is 0 Å². The Morgan fingerprint density at radius 3 is 2.34 bits per heavy atom. The van der Waals surface area contributed by atoms with Gasteiger partial charge in [-0.2, -0.15) is 0 Å². The summed E-state index contributed by atoms with van der Waals surface area (Å²) in [6.45, 7) is 9.93. The zero-order chi connectivity index (χ0) is 25.4. The molecule has 0 aliphatic carbocycles. The van der Waals surface area contributed by atoms with E-state index in [-0.39, 0.29) is 11.9 Å². The minimum atomic E-state index is -0.425. The Hall–Kier alpha value is -3.16. The first-order chi connectivity index (χ1) is 16.9. The number of fused-ring (bicyclic) bond motifs is 1. The second kappa shape index (κ2) is 12.5. The summed E-state index contributed by atoms with van der Waals surface area (Å²) in [6, 6.07) is 10.0. The van der Waals surface area contributed by atoms with Gasteiger partial charge in [-0.1, -0.05) is 63.4 Å². The lowest BCUT2D eigenvalue weighted by molar-refractivity contribution is -0.133. The fourth-order valence-corrected chi connectivity index (χ4v) is 4.39. The van der Waals surface area contributed by atoms with Crippen LogP contribution < -0.4 is 11.2 Å². The Morgan fingerprint density at radius 1 is 1.00 bits per heavy atom. The van der Waals surface area contributed by atoms with Crippen LogP contribution in [0.2, 0.25) is 0 Å². The van der Waals surface area contributed by atoms with Gasteiger partial charge in [-0.25, -0.2) is 9.78 Å². The monoisotopic (exact) mass is 481 g/mol. The van der Waals surface area contributed by atoms with Crippen molar-refractivity contribution in [3.63, 3.8) is 0 Å². The van der Waals surface area contributed by atoms with Gasteiger partial charge >= 0.3 is 5.69 Å². The van der Waals surface area contributed by atoms with Crippen LogP contribution >= 0.6 is 0 Å². The molecule has 0 spiro atoms. The molecule has 0 bridgehead atoms. The summed E-state index contributed by atoms with van der Waals surface area (Å²) in [4.78, 5) is 47.7. The predicted molar refractivity (Wildman–Crippen MR) is 139 cm³/mol. The third-order valence-corrected chi connectivity index (χ3v) is 6.39. The third kappa shape index (κ3) is 6.50. The van der Waals surface area contributed by atoms with Crippen molar-refractivity contribution < 1.29 is 4.79 Å². The molecule has 0 atom stereocenters. The fourth-order valence-electron chi connectivity index (χ4n) is 4.39. The molecule has 0 aliphatic rings. The zero-order valence-corrected chi connectivity index (χ0v) is 21.5. The van der Waals surface area contributed by atoms with Gasteiger partial charge in [0.2, 0.25) is 5.91 Å². The van der Waals surface area contributed by atoms with Gasteiger partial charge in [-0.05, 0) is 32.3 Å². The summed E-state index contributed by atoms with van der Waals surface area (Å²) in [5.41, 5.74) is 1.12. The number of benzene rings is 1. The molecule has 2 aromatic heterocycles. The Bertz CT molecular complexity index is 1220. The van der Waals surface area contributed by atoms with Gasteiger partial charge < -0.3 is 9.47 Å². The SMILES string of the molecule is CCCCCn1c(CCC(=O)N(Cc2ccccc2)C(C)C)nc2c1c(=O)[nH]c(=O)n2CCCC. The van der Waals surface area contributed by atoms with Crippen molar-refractivity contribution in [2.45, 2.75) is 98.3 Å². The molecule has 0 saturated carbocycles. The van der Waals surface area contributed by atoms with Crippen LogP contribution in [-0.2, 0) is 30.8 Å². The van der Waals surface area contributed by atoms with E-state index in [0.29, 0.717) is 49.5 Å². The van der Waals surface area contributed by atoms with Crippen molar-refractivity contribution in [2.75, 3.05) is 0 Å². The van der Waals surface area contributed by atoms with Gasteiger partial charge in [0.15, 0.2) is 11.2 Å². The second-order valence-corrected chi connectivity index (χ2v) is 9.42. The summed E-state index contributed by atoms with van der Waals surface area (Å²) in [5, 5.41) is 0. The molecular weight excluding hydrogens is 442 g/mol. The topological polar surface area (TPSA) is 93.0 Å². The van der Waals surface area contributed by atoms with Crippen LogP contribution in [-0.4, -0.2) is 36.0 Å². The maximum absolute atomic E-state index is 13.2. The lowest BCUT2D eigenvalue weighted by Crippen LogP contribution is -2.36. The number of carbonyl (C=O) groups excluding carboxylic acids is 1. The maximum atomic E-state index is 13.2. The Morgan fingerprint density at radius 2 is 1.69 bits per heavy atom. The largest absolute Gasteiger partial charge is 0.336 e. The van der Waals surface area contributed by atoms with E-state index in [0.717, 1.165) is 37.7 Å². The highest BCUT2D eigenvalue weighted by Crippen LogP contribution is 2.17. The average Bonchev–Trinajstić information content (AvgIpc) is 3.20. The molecule has 0 unspecified atom stereocenters. The molecular formula is C27H39N5O3. The molecule has 1 N–H and O–H groups in total. The van der Waals surface area contributed by atoms with Gasteiger partial charge in [0, 0.05) is 38.5 Å². The van der Waals surface area contributed by atoms with Crippen molar-refractivity contribution in [3.05, 3.63) is 62.6 Å². The van der Waals surface area contributed by atoms with E-state index in [9.17, 15) is 14.4 Å². The van der Waals surface area contributed by atoms with Crippen molar-refractivity contribution >= 4 is 17.1 Å². The number of rotatable bonds is 13. The third-order valence-electron chi connectivity index (χ3n) is 6.39. The number of nitrogens with zero attached hydrogens (tertiary/aromatic N) is 4. The molecule has 3 aromatic rings. The second-order valence-electron chi connectivity index (χ2n) is 9.42. The number of hydrogen-bond donors (Lipinski definition) is 1. The number of carbonyl (C=O) groups is 1. The highest BCUT2D eigenvalue weighted by molar-refractivity contribution is 5.77. The van der Waals surface area contributed by atoms with E-state index in [2.05, 4.69) is 18.8 Å². The van der Waals surface area contributed by atoms with E-state index < -0.39 is 11.2 Å². The van der Waals surface area contributed by atoms with Gasteiger partial charge in [0.05, 0.1) is 0 Å². The maximum Gasteiger partial charge on any atom is 0.330 e. The number of aryl methyl sites for hydroxylation is 3. The molecule has 0 radical (unpaired) electrons. The van der Waals surface area contributed by atoms with Gasteiger partial charge in [-0.3, -0.25) is 19.1 Å². The van der Waals surface area contributed by atoms with Crippen LogP contribution in [0.4, 0.5) is 0 Å². The van der Waals surface area contributed by atoms with E-state index in [4.69, 9.17) is 4.98 Å². The fraction of sp³-hybridized carbons (Fsp3) is 0.556. The van der Waals surface area contributed by atoms with Crippen molar-refractivity contribution in [3.8, 4) is 0 Å². The molecule has 3 rings (SSSR count). The molecule has 0 saturated heterocycles. The van der Waals surface area contributed by atoms with Crippen LogP contribution in [0.15, 0.2) is 39.9 Å². The van der Waals surface area contributed by atoms with Crippen molar-refractivity contribution in [1.29, 1.82) is 0 Å². The van der Waals surface area contributed by atoms with E-state index >= 15 is 0 Å². The van der Waals surface area contributed by atoms with Crippen LogP contribution in [0.1, 0.15) is 77.6 Å². The number of H-pyrrole nitrogens is 1. The van der Waals surface area contributed by atoms with E-state index in [1.807, 2.05) is 53.6 Å². The molecule has 0 aliphatic heterocycles. The lowest BCUT2D eigenvalue weighted by atomic mass is 10.1. The highest BCUT2D eigenvalue weighted by Gasteiger charge is 2.21. The molecule has 0 fully saturated rings. The van der Waals surface area contributed by atoms with Gasteiger partial charge in [-0.15, -0.1) is 0 Å². The summed E-state index contributed by atoms with van der Waals surface area (Å²) in [6.07, 6.45) is 5.45. The summed E-state index contributed by atoms with van der Waals surface area (Å²) >= 11 is 0. The molecule has 190 valence electrons. The van der Waals surface area contributed by atoms with Gasteiger partial charge in [0.25, 0.3) is 5.56 Å². The molecule has 1 aromatic carbocycles. The Labute approximate surface area is 207 Å². The average molecular weight is 482 g/mol. The molecule has 35 heavy (non-hydrogen) atoms. The number of imidazole rings is 1. The number of nitrogens with one attached hydrogen (secondary N) is 1. The molecule has 2 heterocycles.